The molecule has 4 heterocycles. The van der Waals surface area contributed by atoms with Crippen molar-refractivity contribution >= 4 is 40.9 Å². The van der Waals surface area contributed by atoms with Crippen molar-refractivity contribution in [2.45, 2.75) is 55.3 Å². The molecule has 1 N–H and O–H groups in total. The Morgan fingerprint density at radius 1 is 1.27 bits per heavy atom. The topological polar surface area (TPSA) is 101 Å². The molecule has 0 bridgehead atoms. The Morgan fingerprint density at radius 2 is 2.06 bits per heavy atom. The maximum Gasteiger partial charge on any atom is 0.261 e. The fraction of sp³-hybridized carbons (Fsp3) is 0.522. The quantitative estimate of drug-likeness (QED) is 0.491. The van der Waals surface area contributed by atoms with Gasteiger partial charge in [-0.15, -0.1) is 22.9 Å². The lowest BCUT2D eigenvalue weighted by Gasteiger charge is -2.42. The molecule has 0 radical (unpaired) electrons. The molecule has 0 aromatic carbocycles. The summed E-state index contributed by atoms with van der Waals surface area (Å²) in [6, 6.07) is 2.61. The molecule has 174 valence electrons. The minimum absolute atomic E-state index is 0.00323. The molecule has 0 spiro atoms. The maximum atomic E-state index is 13.0. The highest BCUT2D eigenvalue weighted by Gasteiger charge is 2.53. The summed E-state index contributed by atoms with van der Waals surface area (Å²) < 4.78 is 5.64. The minimum atomic E-state index is -0.640. The number of thiophene rings is 1. The summed E-state index contributed by atoms with van der Waals surface area (Å²) in [5.41, 5.74) is 0.837. The van der Waals surface area contributed by atoms with Gasteiger partial charge in [-0.05, 0) is 25.0 Å². The lowest BCUT2D eigenvalue weighted by Crippen LogP contribution is -2.55. The van der Waals surface area contributed by atoms with Crippen LogP contribution in [0.4, 0.5) is 0 Å². The van der Waals surface area contributed by atoms with Gasteiger partial charge in [0.25, 0.3) is 5.91 Å². The van der Waals surface area contributed by atoms with E-state index in [-0.39, 0.29) is 47.8 Å². The molecule has 3 fully saturated rings. The molecular weight excluding hydrogens is 464 g/mol. The van der Waals surface area contributed by atoms with Crippen LogP contribution in [0.3, 0.4) is 0 Å². The average Bonchev–Trinajstić information content (AvgIpc) is 3.56. The third-order valence-electron chi connectivity index (χ3n) is 6.95. The maximum absolute atomic E-state index is 13.0. The SMILES string of the molecule is O=CC(NC(=O)c1ccc(-c2cncnc2)s1)C1CCCC[C@@H]1N1C[C@H](Cl)[C@H]2OCC(=O)[C@H]21. The van der Waals surface area contributed by atoms with Crippen molar-refractivity contribution in [3.8, 4) is 10.4 Å². The Hall–Kier alpha value is -2.20. The number of ketones is 1. The van der Waals surface area contributed by atoms with E-state index in [0.29, 0.717) is 11.4 Å². The van der Waals surface area contributed by atoms with Gasteiger partial charge in [0, 0.05) is 41.3 Å². The summed E-state index contributed by atoms with van der Waals surface area (Å²) in [5, 5.41) is 2.70. The Labute approximate surface area is 200 Å². The van der Waals surface area contributed by atoms with Gasteiger partial charge in [-0.2, -0.15) is 0 Å². The van der Waals surface area contributed by atoms with E-state index in [1.54, 1.807) is 18.5 Å². The number of amides is 1. The molecule has 1 aliphatic carbocycles. The number of ether oxygens (including phenoxy) is 1. The summed E-state index contributed by atoms with van der Waals surface area (Å²) in [6.07, 6.45) is 9.06. The first-order valence-corrected chi connectivity index (χ1v) is 12.5. The Morgan fingerprint density at radius 3 is 2.85 bits per heavy atom. The van der Waals surface area contributed by atoms with E-state index < -0.39 is 6.04 Å². The molecule has 2 saturated heterocycles. The van der Waals surface area contributed by atoms with Crippen molar-refractivity contribution < 1.29 is 19.1 Å². The zero-order valence-corrected chi connectivity index (χ0v) is 19.5. The van der Waals surface area contributed by atoms with E-state index in [4.69, 9.17) is 16.3 Å². The van der Waals surface area contributed by atoms with Gasteiger partial charge in [0.1, 0.15) is 19.2 Å². The van der Waals surface area contributed by atoms with Gasteiger partial charge in [-0.3, -0.25) is 14.5 Å². The number of aldehydes is 1. The number of carbonyl (C=O) groups is 3. The average molecular weight is 489 g/mol. The molecule has 33 heavy (non-hydrogen) atoms. The molecule has 2 aliphatic heterocycles. The van der Waals surface area contributed by atoms with Gasteiger partial charge in [0.2, 0.25) is 0 Å². The van der Waals surface area contributed by atoms with Crippen LogP contribution in [0, 0.1) is 5.92 Å². The summed E-state index contributed by atoms with van der Waals surface area (Å²) in [6.45, 7) is 0.643. The highest BCUT2D eigenvalue weighted by Crippen LogP contribution is 2.39. The third kappa shape index (κ3) is 4.35. The van der Waals surface area contributed by atoms with E-state index in [1.165, 1.54) is 17.7 Å². The molecule has 2 aromatic rings. The smallest absolute Gasteiger partial charge is 0.261 e. The minimum Gasteiger partial charge on any atom is -0.367 e. The molecule has 2 unspecified atom stereocenters. The van der Waals surface area contributed by atoms with E-state index in [1.807, 2.05) is 6.07 Å². The van der Waals surface area contributed by atoms with Gasteiger partial charge >= 0.3 is 0 Å². The van der Waals surface area contributed by atoms with Crippen LogP contribution in [0.15, 0.2) is 30.9 Å². The van der Waals surface area contributed by atoms with Crippen LogP contribution >= 0.6 is 22.9 Å². The summed E-state index contributed by atoms with van der Waals surface area (Å²) >= 11 is 7.84. The van der Waals surface area contributed by atoms with Crippen LogP contribution in [0.5, 0.6) is 0 Å². The predicted octanol–water partition coefficient (Wildman–Crippen LogP) is 2.32. The predicted molar refractivity (Wildman–Crippen MR) is 123 cm³/mol. The van der Waals surface area contributed by atoms with Crippen molar-refractivity contribution in [2.24, 2.45) is 5.92 Å². The van der Waals surface area contributed by atoms with Crippen molar-refractivity contribution in [3.05, 3.63) is 35.7 Å². The van der Waals surface area contributed by atoms with E-state index in [2.05, 4.69) is 20.2 Å². The standard InChI is InChI=1S/C23H25ClN4O4S/c24-15-9-28(21-18(30)11-32-22(15)21)17-4-2-1-3-14(17)16(10-29)27-23(31)20-6-5-19(33-20)13-7-25-12-26-8-13/h5-8,10,12,14-17,21-22H,1-4,9,11H2,(H,27,31)/t14?,15-,16?,17-,21+,22+/m0/s1. The normalized spacial score (nSPS) is 30.7. The summed E-state index contributed by atoms with van der Waals surface area (Å²) in [7, 11) is 0. The van der Waals surface area contributed by atoms with E-state index in [9.17, 15) is 14.4 Å². The largest absolute Gasteiger partial charge is 0.367 e. The number of alkyl halides is 1. The van der Waals surface area contributed by atoms with Crippen LogP contribution < -0.4 is 5.32 Å². The van der Waals surface area contributed by atoms with Gasteiger partial charge in [0.05, 0.1) is 28.4 Å². The van der Waals surface area contributed by atoms with Crippen LogP contribution in [0.1, 0.15) is 35.4 Å². The first-order valence-electron chi connectivity index (χ1n) is 11.2. The summed E-state index contributed by atoms with van der Waals surface area (Å²) in [5.74, 6) is -0.312. The number of halogens is 1. The number of nitrogens with zero attached hydrogens (tertiary/aromatic N) is 3. The molecular formula is C23H25ClN4O4S. The number of carbonyl (C=O) groups excluding carboxylic acids is 3. The second-order valence-electron chi connectivity index (χ2n) is 8.84. The van der Waals surface area contributed by atoms with Gasteiger partial charge in [0.15, 0.2) is 5.78 Å². The Kier molecular flexibility index (Phi) is 6.56. The van der Waals surface area contributed by atoms with Gasteiger partial charge in [-0.25, -0.2) is 9.97 Å². The lowest BCUT2D eigenvalue weighted by atomic mass is 9.78. The van der Waals surface area contributed by atoms with Crippen molar-refractivity contribution in [1.82, 2.24) is 20.2 Å². The summed E-state index contributed by atoms with van der Waals surface area (Å²) in [4.78, 5) is 49.3. The molecule has 1 amide bonds. The zero-order chi connectivity index (χ0) is 22.9. The Balaban J connectivity index is 1.32. The van der Waals surface area contributed by atoms with Crippen LogP contribution in [0.25, 0.3) is 10.4 Å². The Bertz CT molecular complexity index is 1030. The number of likely N-dealkylation sites (tertiary alicyclic amines) is 1. The highest BCUT2D eigenvalue weighted by atomic mass is 35.5. The number of hydrogen-bond acceptors (Lipinski definition) is 8. The second kappa shape index (κ2) is 9.58. The van der Waals surface area contributed by atoms with Gasteiger partial charge < -0.3 is 14.8 Å². The first kappa shape index (κ1) is 22.6. The fourth-order valence-electron chi connectivity index (χ4n) is 5.45. The molecule has 10 heteroatoms. The number of Topliss-reactive ketones (excluding diaryl/α,β-unsaturated/α-hetero) is 1. The lowest BCUT2D eigenvalue weighted by molar-refractivity contribution is -0.122. The third-order valence-corrected chi connectivity index (χ3v) is 8.47. The number of nitrogens with one attached hydrogen (secondary N) is 1. The van der Waals surface area contributed by atoms with Crippen molar-refractivity contribution in [3.63, 3.8) is 0 Å². The number of hydrogen-bond donors (Lipinski definition) is 1. The van der Waals surface area contributed by atoms with Crippen LogP contribution in [0.2, 0.25) is 0 Å². The second-order valence-corrected chi connectivity index (χ2v) is 10.5. The molecule has 1 saturated carbocycles. The van der Waals surface area contributed by atoms with Gasteiger partial charge in [-0.1, -0.05) is 12.8 Å². The highest BCUT2D eigenvalue weighted by molar-refractivity contribution is 7.17. The fourth-order valence-corrected chi connectivity index (χ4v) is 6.70. The number of fused-ring (bicyclic) bond motifs is 1. The molecule has 2 aromatic heterocycles. The number of rotatable bonds is 6. The number of aromatic nitrogens is 2. The molecule has 3 aliphatic rings. The molecule has 5 rings (SSSR count). The van der Waals surface area contributed by atoms with E-state index >= 15 is 0 Å². The van der Waals surface area contributed by atoms with Crippen LogP contribution in [-0.4, -0.2) is 75.6 Å². The first-order chi connectivity index (χ1) is 16.1. The molecule has 8 nitrogen and oxygen atoms in total. The monoisotopic (exact) mass is 488 g/mol. The van der Waals surface area contributed by atoms with Crippen molar-refractivity contribution in [2.75, 3.05) is 13.2 Å². The molecule has 6 atom stereocenters. The van der Waals surface area contributed by atoms with E-state index in [0.717, 1.165) is 42.4 Å². The zero-order valence-electron chi connectivity index (χ0n) is 17.9. The van der Waals surface area contributed by atoms with Crippen LogP contribution in [-0.2, 0) is 14.3 Å². The van der Waals surface area contributed by atoms with Crippen molar-refractivity contribution in [1.29, 1.82) is 0 Å².